The van der Waals surface area contributed by atoms with Gasteiger partial charge in [0.1, 0.15) is 29.3 Å². The summed E-state index contributed by atoms with van der Waals surface area (Å²) in [5, 5.41) is 3.51. The Morgan fingerprint density at radius 3 is 2.71 bits per heavy atom. The summed E-state index contributed by atoms with van der Waals surface area (Å²) in [7, 11) is 0. The van der Waals surface area contributed by atoms with E-state index in [2.05, 4.69) is 5.32 Å². The Morgan fingerprint density at radius 2 is 1.97 bits per heavy atom. The molecule has 0 unspecified atom stereocenters. The van der Waals surface area contributed by atoms with Crippen molar-refractivity contribution in [3.05, 3.63) is 64.9 Å². The van der Waals surface area contributed by atoms with Crippen LogP contribution in [0.15, 0.2) is 40.8 Å². The molecule has 1 atom stereocenters. The minimum Gasteiger partial charge on any atom is -0.489 e. The van der Waals surface area contributed by atoms with E-state index >= 15 is 0 Å². The number of hydrogen-bond donors (Lipinski definition) is 1. The van der Waals surface area contributed by atoms with Crippen LogP contribution < -0.4 is 10.1 Å². The first kappa shape index (κ1) is 24.5. The summed E-state index contributed by atoms with van der Waals surface area (Å²) in [6.07, 6.45) is 0.198. The molecule has 1 aliphatic heterocycles. The van der Waals surface area contributed by atoms with Gasteiger partial charge in [-0.3, -0.25) is 4.79 Å². The largest absolute Gasteiger partial charge is 0.489 e. The molecule has 186 valence electrons. The molecule has 1 fully saturated rings. The number of halogens is 2. The van der Waals surface area contributed by atoms with E-state index in [1.165, 1.54) is 12.1 Å². The van der Waals surface area contributed by atoms with Gasteiger partial charge in [0.2, 0.25) is 0 Å². The number of hydrogen-bond acceptors (Lipinski definition) is 5. The first-order valence-electron chi connectivity index (χ1n) is 11.4. The summed E-state index contributed by atoms with van der Waals surface area (Å²) in [6, 6.07) is 8.61. The molecule has 0 radical (unpaired) electrons. The van der Waals surface area contributed by atoms with E-state index in [1.54, 1.807) is 50.8 Å². The molecule has 0 aliphatic carbocycles. The molecular weight excluding hydrogens is 458 g/mol. The minimum atomic E-state index is -0.954. The Labute approximate surface area is 202 Å². The van der Waals surface area contributed by atoms with Crippen molar-refractivity contribution >= 4 is 23.0 Å². The van der Waals surface area contributed by atoms with Crippen LogP contribution in [-0.2, 0) is 11.3 Å². The summed E-state index contributed by atoms with van der Waals surface area (Å²) in [5.41, 5.74) is 0.352. The standard InChI is InChI=1S/C26H28F2N2O5/c1-15-22(24(31)29-17-10-11-30(13-17)25(32)35-26(2,3)4)19-12-18(8-9-21(19)34-15)33-14-16-6-5-7-20(27)23(16)28/h5-9,12,17H,10-11,13-14H2,1-4H3,(H,29,31)/t17-/m0/s1. The van der Waals surface area contributed by atoms with E-state index in [0.29, 0.717) is 47.6 Å². The Bertz CT molecular complexity index is 1260. The van der Waals surface area contributed by atoms with Crippen molar-refractivity contribution in [3.63, 3.8) is 0 Å². The Hall–Kier alpha value is -3.62. The summed E-state index contributed by atoms with van der Waals surface area (Å²) >= 11 is 0. The van der Waals surface area contributed by atoms with E-state index in [4.69, 9.17) is 13.9 Å². The monoisotopic (exact) mass is 486 g/mol. The summed E-state index contributed by atoms with van der Waals surface area (Å²) < 4.78 is 44.2. The van der Waals surface area contributed by atoms with Gasteiger partial charge in [-0.1, -0.05) is 12.1 Å². The lowest BCUT2D eigenvalue weighted by atomic mass is 10.1. The molecule has 0 saturated carbocycles. The molecule has 1 N–H and O–H groups in total. The highest BCUT2D eigenvalue weighted by Gasteiger charge is 2.31. The number of fused-ring (bicyclic) bond motifs is 1. The Morgan fingerprint density at radius 1 is 1.20 bits per heavy atom. The van der Waals surface area contributed by atoms with Gasteiger partial charge >= 0.3 is 6.09 Å². The lowest BCUT2D eigenvalue weighted by Crippen LogP contribution is -2.40. The molecule has 2 amide bonds. The smallest absolute Gasteiger partial charge is 0.410 e. The van der Waals surface area contributed by atoms with Crippen molar-refractivity contribution in [1.29, 1.82) is 0 Å². The van der Waals surface area contributed by atoms with E-state index in [1.807, 2.05) is 0 Å². The molecule has 35 heavy (non-hydrogen) atoms. The third-order valence-corrected chi connectivity index (χ3v) is 5.66. The van der Waals surface area contributed by atoms with Gasteiger partial charge in [-0.15, -0.1) is 0 Å². The molecule has 1 aromatic heterocycles. The zero-order valence-corrected chi connectivity index (χ0v) is 20.1. The average Bonchev–Trinajstić information content (AvgIpc) is 3.36. The van der Waals surface area contributed by atoms with Crippen LogP contribution in [0.4, 0.5) is 13.6 Å². The topological polar surface area (TPSA) is 81.0 Å². The summed E-state index contributed by atoms with van der Waals surface area (Å²) in [4.78, 5) is 27.0. The van der Waals surface area contributed by atoms with Gasteiger partial charge in [0.15, 0.2) is 11.6 Å². The molecule has 0 bridgehead atoms. The predicted molar refractivity (Wildman–Crippen MR) is 125 cm³/mol. The zero-order chi connectivity index (χ0) is 25.3. The molecule has 1 saturated heterocycles. The normalized spacial score (nSPS) is 15.9. The molecule has 3 aromatic rings. The maximum atomic E-state index is 13.9. The maximum absolute atomic E-state index is 13.9. The van der Waals surface area contributed by atoms with E-state index in [9.17, 15) is 18.4 Å². The minimum absolute atomic E-state index is 0.0854. The maximum Gasteiger partial charge on any atom is 0.410 e. The quantitative estimate of drug-likeness (QED) is 0.527. The third-order valence-electron chi connectivity index (χ3n) is 5.66. The van der Waals surface area contributed by atoms with Crippen molar-refractivity contribution in [2.75, 3.05) is 13.1 Å². The molecule has 2 heterocycles. The van der Waals surface area contributed by atoms with Crippen LogP contribution >= 0.6 is 0 Å². The number of nitrogens with zero attached hydrogens (tertiary/aromatic N) is 1. The van der Waals surface area contributed by atoms with Crippen molar-refractivity contribution in [3.8, 4) is 5.75 Å². The number of carbonyl (C=O) groups excluding carboxylic acids is 2. The summed E-state index contributed by atoms with van der Waals surface area (Å²) in [6.45, 7) is 7.77. The van der Waals surface area contributed by atoms with Crippen LogP contribution in [0.25, 0.3) is 11.0 Å². The summed E-state index contributed by atoms with van der Waals surface area (Å²) in [5.74, 6) is -1.40. The van der Waals surface area contributed by atoms with Crippen molar-refractivity contribution in [2.45, 2.75) is 52.4 Å². The van der Waals surface area contributed by atoms with Crippen molar-refractivity contribution in [2.24, 2.45) is 0 Å². The number of likely N-dealkylation sites (tertiary alicyclic amines) is 1. The second-order valence-corrected chi connectivity index (χ2v) is 9.58. The molecule has 0 spiro atoms. The number of furan rings is 1. The second kappa shape index (κ2) is 9.56. The number of aryl methyl sites for hydroxylation is 1. The van der Waals surface area contributed by atoms with Crippen LogP contribution in [0, 0.1) is 18.6 Å². The van der Waals surface area contributed by atoms with Crippen LogP contribution in [-0.4, -0.2) is 41.6 Å². The fourth-order valence-corrected chi connectivity index (χ4v) is 4.02. The van der Waals surface area contributed by atoms with Crippen LogP contribution in [0.2, 0.25) is 0 Å². The van der Waals surface area contributed by atoms with E-state index in [-0.39, 0.29) is 24.1 Å². The first-order valence-corrected chi connectivity index (χ1v) is 11.4. The predicted octanol–water partition coefficient (Wildman–Crippen LogP) is 5.34. The number of benzene rings is 2. The number of rotatable bonds is 5. The first-order chi connectivity index (χ1) is 16.5. The average molecular weight is 487 g/mol. The van der Waals surface area contributed by atoms with E-state index in [0.717, 1.165) is 6.07 Å². The number of amides is 2. The number of ether oxygens (including phenoxy) is 2. The molecule has 9 heteroatoms. The highest BCUT2D eigenvalue weighted by molar-refractivity contribution is 6.07. The second-order valence-electron chi connectivity index (χ2n) is 9.58. The van der Waals surface area contributed by atoms with E-state index < -0.39 is 23.3 Å². The van der Waals surface area contributed by atoms with Gasteiger partial charge in [-0.25, -0.2) is 13.6 Å². The number of carbonyl (C=O) groups is 2. The SMILES string of the molecule is Cc1oc2ccc(OCc3cccc(F)c3F)cc2c1C(=O)N[C@H]1CCN(C(=O)OC(C)(C)C)C1. The van der Waals surface area contributed by atoms with Gasteiger partial charge in [0.05, 0.1) is 5.56 Å². The molecule has 7 nitrogen and oxygen atoms in total. The third kappa shape index (κ3) is 5.55. The van der Waals surface area contributed by atoms with Crippen molar-refractivity contribution in [1.82, 2.24) is 10.2 Å². The Balaban J connectivity index is 1.46. The molecule has 1 aliphatic rings. The fourth-order valence-electron chi connectivity index (χ4n) is 4.02. The van der Waals surface area contributed by atoms with Gasteiger partial charge < -0.3 is 24.1 Å². The van der Waals surface area contributed by atoms with Crippen LogP contribution in [0.3, 0.4) is 0 Å². The molecule has 2 aromatic carbocycles. The van der Waals surface area contributed by atoms with Gasteiger partial charge in [0.25, 0.3) is 5.91 Å². The molecular formula is C26H28F2N2O5. The van der Waals surface area contributed by atoms with Gasteiger partial charge in [-0.2, -0.15) is 0 Å². The van der Waals surface area contributed by atoms with Gasteiger partial charge in [-0.05, 0) is 58.4 Å². The Kier molecular flexibility index (Phi) is 6.69. The highest BCUT2D eigenvalue weighted by atomic mass is 19.2. The van der Waals surface area contributed by atoms with Gasteiger partial charge in [0, 0.05) is 30.1 Å². The fraction of sp³-hybridized carbons (Fsp3) is 0.385. The molecule has 4 rings (SSSR count). The lowest BCUT2D eigenvalue weighted by Gasteiger charge is -2.24. The lowest BCUT2D eigenvalue weighted by molar-refractivity contribution is 0.0290. The van der Waals surface area contributed by atoms with Crippen molar-refractivity contribution < 1.29 is 32.3 Å². The van der Waals surface area contributed by atoms with Crippen LogP contribution in [0.5, 0.6) is 5.75 Å². The highest BCUT2D eigenvalue weighted by Crippen LogP contribution is 2.30. The van der Waals surface area contributed by atoms with Crippen LogP contribution in [0.1, 0.15) is 48.9 Å². The zero-order valence-electron chi connectivity index (χ0n) is 20.1. The number of nitrogens with one attached hydrogen (secondary N) is 1.